The van der Waals surface area contributed by atoms with Crippen LogP contribution in [0.4, 0.5) is 5.69 Å². The van der Waals surface area contributed by atoms with Crippen molar-refractivity contribution in [3.63, 3.8) is 0 Å². The predicted molar refractivity (Wildman–Crippen MR) is 74.6 cm³/mol. The third-order valence-corrected chi connectivity index (χ3v) is 2.83. The van der Waals surface area contributed by atoms with E-state index in [2.05, 4.69) is 4.98 Å². The molecule has 0 aliphatic heterocycles. The monoisotopic (exact) mass is 262 g/mol. The average molecular weight is 263 g/mol. The maximum absolute atomic E-state index is 5.85. The summed E-state index contributed by atoms with van der Waals surface area (Å²) in [4.78, 5) is 6.22. The smallest absolute Gasteiger partial charge is 0.223 e. The van der Waals surface area contributed by atoms with Gasteiger partial charge in [-0.1, -0.05) is 12.1 Å². The molecule has 18 heavy (non-hydrogen) atoms. The number of alkyl halides is 1. The van der Waals surface area contributed by atoms with E-state index in [1.807, 2.05) is 55.4 Å². The van der Waals surface area contributed by atoms with Gasteiger partial charge in [-0.3, -0.25) is 0 Å². The predicted octanol–water partition coefficient (Wildman–Crippen LogP) is 3.68. The molecule has 0 N–H and O–H groups in total. The van der Waals surface area contributed by atoms with E-state index in [-0.39, 0.29) is 0 Å². The number of hydrogen-bond donors (Lipinski definition) is 0. The van der Waals surface area contributed by atoms with Gasteiger partial charge in [0.2, 0.25) is 5.88 Å². The van der Waals surface area contributed by atoms with Crippen molar-refractivity contribution in [3.8, 4) is 11.6 Å². The first-order chi connectivity index (χ1) is 8.70. The Morgan fingerprint density at radius 2 is 2.06 bits per heavy atom. The van der Waals surface area contributed by atoms with Crippen LogP contribution in [0.3, 0.4) is 0 Å². The van der Waals surface area contributed by atoms with Crippen molar-refractivity contribution in [2.45, 2.75) is 5.88 Å². The first kappa shape index (κ1) is 12.7. The quantitative estimate of drug-likeness (QED) is 0.786. The standard InChI is InChI=1S/C14H15ClN2O/c1-17(2)12-6-3-7-13(9-12)18-14-11(10-15)5-4-8-16-14/h3-9H,10H2,1-2H3. The maximum atomic E-state index is 5.85. The summed E-state index contributed by atoms with van der Waals surface area (Å²) in [5, 5.41) is 0. The summed E-state index contributed by atoms with van der Waals surface area (Å²) in [6.45, 7) is 0. The zero-order valence-electron chi connectivity index (χ0n) is 10.4. The Morgan fingerprint density at radius 3 is 2.78 bits per heavy atom. The lowest BCUT2D eigenvalue weighted by Crippen LogP contribution is -2.08. The molecule has 0 amide bonds. The summed E-state index contributed by atoms with van der Waals surface area (Å²) >= 11 is 5.85. The molecule has 1 aromatic carbocycles. The number of benzene rings is 1. The first-order valence-electron chi connectivity index (χ1n) is 5.66. The Morgan fingerprint density at radius 1 is 1.22 bits per heavy atom. The minimum atomic E-state index is 0.385. The Balaban J connectivity index is 2.25. The van der Waals surface area contributed by atoms with Crippen molar-refractivity contribution in [3.05, 3.63) is 48.2 Å². The van der Waals surface area contributed by atoms with Gasteiger partial charge >= 0.3 is 0 Å². The van der Waals surface area contributed by atoms with Crippen LogP contribution in [-0.4, -0.2) is 19.1 Å². The Labute approximate surface area is 112 Å². The lowest BCUT2D eigenvalue weighted by Gasteiger charge is -2.14. The van der Waals surface area contributed by atoms with E-state index in [4.69, 9.17) is 16.3 Å². The third-order valence-electron chi connectivity index (χ3n) is 2.54. The van der Waals surface area contributed by atoms with Gasteiger partial charge < -0.3 is 9.64 Å². The fraction of sp³-hybridized carbons (Fsp3) is 0.214. The summed E-state index contributed by atoms with van der Waals surface area (Å²) in [6.07, 6.45) is 1.70. The fourth-order valence-corrected chi connectivity index (χ4v) is 1.76. The minimum absolute atomic E-state index is 0.385. The highest BCUT2D eigenvalue weighted by Crippen LogP contribution is 2.26. The van der Waals surface area contributed by atoms with E-state index >= 15 is 0 Å². The van der Waals surface area contributed by atoms with E-state index in [1.165, 1.54) is 0 Å². The zero-order valence-corrected chi connectivity index (χ0v) is 11.2. The number of pyridine rings is 1. The number of rotatable bonds is 4. The number of halogens is 1. The topological polar surface area (TPSA) is 25.4 Å². The molecule has 0 saturated heterocycles. The number of nitrogens with zero attached hydrogens (tertiary/aromatic N) is 2. The van der Waals surface area contributed by atoms with Crippen molar-refractivity contribution in [1.82, 2.24) is 4.98 Å². The molecule has 1 heterocycles. The lowest BCUT2D eigenvalue weighted by atomic mass is 10.3. The van der Waals surface area contributed by atoms with Crippen LogP contribution in [0.2, 0.25) is 0 Å². The van der Waals surface area contributed by atoms with Crippen LogP contribution in [0.15, 0.2) is 42.6 Å². The highest BCUT2D eigenvalue weighted by atomic mass is 35.5. The van der Waals surface area contributed by atoms with Crippen molar-refractivity contribution in [2.75, 3.05) is 19.0 Å². The molecule has 0 bridgehead atoms. The third kappa shape index (κ3) is 2.93. The molecule has 0 spiro atoms. The van der Waals surface area contributed by atoms with Gasteiger partial charge in [0.05, 0.1) is 5.88 Å². The summed E-state index contributed by atoms with van der Waals surface area (Å²) in [7, 11) is 3.98. The lowest BCUT2D eigenvalue weighted by molar-refractivity contribution is 0.458. The van der Waals surface area contributed by atoms with E-state index in [9.17, 15) is 0 Å². The van der Waals surface area contributed by atoms with Crippen molar-refractivity contribution in [2.24, 2.45) is 0 Å². The highest BCUT2D eigenvalue weighted by Gasteiger charge is 2.05. The Bertz CT molecular complexity index is 529. The second kappa shape index (κ2) is 5.74. The van der Waals surface area contributed by atoms with Gasteiger partial charge in [-0.25, -0.2) is 4.98 Å². The van der Waals surface area contributed by atoms with Crippen LogP contribution in [0.25, 0.3) is 0 Å². The molecule has 1 aromatic heterocycles. The molecular weight excluding hydrogens is 248 g/mol. The van der Waals surface area contributed by atoms with Gasteiger partial charge in [-0.05, 0) is 18.2 Å². The van der Waals surface area contributed by atoms with Crippen molar-refractivity contribution in [1.29, 1.82) is 0 Å². The van der Waals surface area contributed by atoms with E-state index in [1.54, 1.807) is 6.20 Å². The molecule has 0 radical (unpaired) electrons. The molecule has 3 nitrogen and oxygen atoms in total. The molecule has 2 aromatic rings. The molecule has 0 atom stereocenters. The molecule has 0 aliphatic rings. The number of hydrogen-bond acceptors (Lipinski definition) is 3. The van der Waals surface area contributed by atoms with E-state index < -0.39 is 0 Å². The summed E-state index contributed by atoms with van der Waals surface area (Å²) < 4.78 is 5.77. The first-order valence-corrected chi connectivity index (χ1v) is 6.19. The average Bonchev–Trinajstić information content (AvgIpc) is 2.39. The van der Waals surface area contributed by atoms with E-state index in [0.717, 1.165) is 17.0 Å². The zero-order chi connectivity index (χ0) is 13.0. The van der Waals surface area contributed by atoms with Gasteiger partial charge in [0.1, 0.15) is 5.75 Å². The molecule has 0 saturated carbocycles. The van der Waals surface area contributed by atoms with Crippen LogP contribution < -0.4 is 9.64 Å². The second-order valence-electron chi connectivity index (χ2n) is 4.10. The van der Waals surface area contributed by atoms with Crippen LogP contribution in [-0.2, 0) is 5.88 Å². The molecular formula is C14H15ClN2O. The van der Waals surface area contributed by atoms with Crippen LogP contribution >= 0.6 is 11.6 Å². The SMILES string of the molecule is CN(C)c1cccc(Oc2ncccc2CCl)c1. The second-order valence-corrected chi connectivity index (χ2v) is 4.36. The number of ether oxygens (including phenoxy) is 1. The maximum Gasteiger partial charge on any atom is 0.223 e. The minimum Gasteiger partial charge on any atom is -0.439 e. The van der Waals surface area contributed by atoms with Gasteiger partial charge in [-0.15, -0.1) is 11.6 Å². The van der Waals surface area contributed by atoms with E-state index in [0.29, 0.717) is 11.8 Å². The number of anilines is 1. The summed E-state index contributed by atoms with van der Waals surface area (Å²) in [5.41, 5.74) is 1.96. The van der Waals surface area contributed by atoms with Crippen LogP contribution in [0.5, 0.6) is 11.6 Å². The largest absolute Gasteiger partial charge is 0.439 e. The fourth-order valence-electron chi connectivity index (χ4n) is 1.55. The molecule has 2 rings (SSSR count). The summed E-state index contributed by atoms with van der Waals surface area (Å²) in [6, 6.07) is 11.6. The molecule has 0 aliphatic carbocycles. The van der Waals surface area contributed by atoms with Gasteiger partial charge in [0.15, 0.2) is 0 Å². The summed E-state index contributed by atoms with van der Waals surface area (Å²) in [5.74, 6) is 1.70. The van der Waals surface area contributed by atoms with Crippen LogP contribution in [0.1, 0.15) is 5.56 Å². The van der Waals surface area contributed by atoms with Crippen LogP contribution in [0, 0.1) is 0 Å². The highest BCUT2D eigenvalue weighted by molar-refractivity contribution is 6.17. The molecule has 94 valence electrons. The molecule has 4 heteroatoms. The van der Waals surface area contributed by atoms with Gasteiger partial charge in [-0.2, -0.15) is 0 Å². The van der Waals surface area contributed by atoms with Gasteiger partial charge in [0.25, 0.3) is 0 Å². The number of aromatic nitrogens is 1. The molecule has 0 fully saturated rings. The van der Waals surface area contributed by atoms with Gasteiger partial charge in [0, 0.05) is 37.6 Å². The normalized spacial score (nSPS) is 10.2. The van der Waals surface area contributed by atoms with Crippen molar-refractivity contribution >= 4 is 17.3 Å². The Hall–Kier alpha value is -1.74. The molecule has 0 unspecified atom stereocenters. The van der Waals surface area contributed by atoms with Crippen molar-refractivity contribution < 1.29 is 4.74 Å². The Kier molecular flexibility index (Phi) is 4.05.